The maximum Gasteiger partial charge on any atom is 0.421 e. The number of alkyl halides is 3. The van der Waals surface area contributed by atoms with Crippen molar-refractivity contribution in [2.75, 3.05) is 35.4 Å². The van der Waals surface area contributed by atoms with Crippen LogP contribution in [0.25, 0.3) is 0 Å². The van der Waals surface area contributed by atoms with Gasteiger partial charge in [0.1, 0.15) is 22.8 Å². The van der Waals surface area contributed by atoms with Gasteiger partial charge in [-0.3, -0.25) is 14.1 Å². The second-order valence-corrected chi connectivity index (χ2v) is 9.74. The van der Waals surface area contributed by atoms with Gasteiger partial charge in [0.05, 0.1) is 31.3 Å². The number of ether oxygens (including phenoxy) is 1. The quantitative estimate of drug-likeness (QED) is 0.367. The minimum absolute atomic E-state index is 0.0519. The number of primary amides is 1. The van der Waals surface area contributed by atoms with Gasteiger partial charge in [-0.15, -0.1) is 0 Å². The third-order valence-electron chi connectivity index (χ3n) is 4.99. The summed E-state index contributed by atoms with van der Waals surface area (Å²) in [6.45, 7) is 1.25. The summed E-state index contributed by atoms with van der Waals surface area (Å²) in [4.78, 5) is 27.5. The number of carbonyl (C=O) groups is 1. The number of sulfonamides is 1. The number of aryl methyl sites for hydroxylation is 1. The highest BCUT2D eigenvalue weighted by atomic mass is 32.2. The third kappa shape index (κ3) is 6.52. The highest BCUT2D eigenvalue weighted by Crippen LogP contribution is 2.35. The standard InChI is InChI=1S/C21H23F3N8O4S/c1-11-8-26-15(19(29-11)32(2)37(4,34)35)10-27-18-13(21(22,23)24)9-28-20(31-18)30-14-7-12(17(25)33)5-6-16(14)36-3/h5-9H,10H2,1-4H3,(H2,25,33)(H2,27,28,30,31). The van der Waals surface area contributed by atoms with Crippen molar-refractivity contribution >= 4 is 39.2 Å². The van der Waals surface area contributed by atoms with Crippen LogP contribution in [0.4, 0.5) is 36.4 Å². The number of nitrogens with two attached hydrogens (primary N) is 1. The Bertz CT molecular complexity index is 1430. The first kappa shape index (κ1) is 27.4. The van der Waals surface area contributed by atoms with Gasteiger partial charge < -0.3 is 21.1 Å². The number of anilines is 4. The van der Waals surface area contributed by atoms with Crippen molar-refractivity contribution in [1.82, 2.24) is 19.9 Å². The van der Waals surface area contributed by atoms with Crippen LogP contribution in [0.1, 0.15) is 27.3 Å². The molecule has 4 N–H and O–H groups in total. The topological polar surface area (TPSA) is 165 Å². The molecule has 16 heteroatoms. The molecule has 0 saturated heterocycles. The lowest BCUT2D eigenvalue weighted by Gasteiger charge is -2.20. The first-order valence-corrected chi connectivity index (χ1v) is 12.2. The Morgan fingerprint density at radius 2 is 1.89 bits per heavy atom. The average molecular weight is 541 g/mol. The molecule has 2 aromatic heterocycles. The lowest BCUT2D eigenvalue weighted by Crippen LogP contribution is -2.28. The van der Waals surface area contributed by atoms with Crippen molar-refractivity contribution in [3.8, 4) is 5.75 Å². The molecule has 198 valence electrons. The van der Waals surface area contributed by atoms with Gasteiger partial charge in [0.2, 0.25) is 21.9 Å². The zero-order valence-corrected chi connectivity index (χ0v) is 20.9. The Hall–Kier alpha value is -4.21. The summed E-state index contributed by atoms with van der Waals surface area (Å²) in [6.07, 6.45) is -1.92. The van der Waals surface area contributed by atoms with Crippen LogP contribution in [-0.2, 0) is 22.7 Å². The first-order chi connectivity index (χ1) is 17.2. The number of aromatic nitrogens is 4. The van der Waals surface area contributed by atoms with Crippen LogP contribution in [0.3, 0.4) is 0 Å². The number of rotatable bonds is 9. The minimum atomic E-state index is -4.81. The SMILES string of the molecule is COc1ccc(C(N)=O)cc1Nc1ncc(C(F)(F)F)c(NCc2ncc(C)nc2N(C)S(C)(=O)=O)n1. The number of hydrogen-bond donors (Lipinski definition) is 3. The fraction of sp³-hybridized carbons (Fsp3) is 0.286. The number of halogens is 3. The molecule has 0 unspecified atom stereocenters. The lowest BCUT2D eigenvalue weighted by atomic mass is 10.2. The molecular formula is C21H23F3N8O4S. The average Bonchev–Trinajstić information content (AvgIpc) is 2.81. The van der Waals surface area contributed by atoms with Gasteiger partial charge in [-0.25, -0.2) is 18.4 Å². The normalized spacial score (nSPS) is 11.6. The van der Waals surface area contributed by atoms with E-state index in [1.807, 2.05) is 0 Å². The molecule has 1 amide bonds. The summed E-state index contributed by atoms with van der Waals surface area (Å²) in [5, 5.41) is 5.26. The summed E-state index contributed by atoms with van der Waals surface area (Å²) < 4.78 is 71.2. The van der Waals surface area contributed by atoms with Crippen LogP contribution in [0.5, 0.6) is 5.75 Å². The van der Waals surface area contributed by atoms with Crippen LogP contribution >= 0.6 is 0 Å². The summed E-state index contributed by atoms with van der Waals surface area (Å²) in [7, 11) is -1.11. The van der Waals surface area contributed by atoms with E-state index in [1.165, 1.54) is 38.6 Å². The van der Waals surface area contributed by atoms with Crippen molar-refractivity contribution < 1.29 is 31.1 Å². The molecule has 0 bridgehead atoms. The predicted octanol–water partition coefficient (Wildman–Crippen LogP) is 2.45. The van der Waals surface area contributed by atoms with E-state index in [2.05, 4.69) is 30.6 Å². The van der Waals surface area contributed by atoms with E-state index in [0.29, 0.717) is 11.9 Å². The Morgan fingerprint density at radius 1 is 1.19 bits per heavy atom. The fourth-order valence-corrected chi connectivity index (χ4v) is 3.51. The number of nitrogens with zero attached hydrogens (tertiary/aromatic N) is 5. The molecule has 3 aromatic rings. The molecule has 12 nitrogen and oxygen atoms in total. The van der Waals surface area contributed by atoms with E-state index in [1.54, 1.807) is 6.92 Å². The highest BCUT2D eigenvalue weighted by molar-refractivity contribution is 7.92. The molecular weight excluding hydrogens is 517 g/mol. The van der Waals surface area contributed by atoms with Crippen molar-refractivity contribution in [3.05, 3.63) is 53.1 Å². The van der Waals surface area contributed by atoms with Crippen molar-refractivity contribution in [2.45, 2.75) is 19.6 Å². The van der Waals surface area contributed by atoms with Crippen molar-refractivity contribution in [1.29, 1.82) is 0 Å². The molecule has 1 aromatic carbocycles. The van der Waals surface area contributed by atoms with E-state index in [-0.39, 0.29) is 41.0 Å². The monoisotopic (exact) mass is 540 g/mol. The largest absolute Gasteiger partial charge is 0.495 e. The van der Waals surface area contributed by atoms with Crippen LogP contribution in [0, 0.1) is 6.92 Å². The molecule has 0 spiro atoms. The fourth-order valence-electron chi connectivity index (χ4n) is 3.05. The maximum absolute atomic E-state index is 13.7. The number of methoxy groups -OCH3 is 1. The smallest absolute Gasteiger partial charge is 0.421 e. The highest BCUT2D eigenvalue weighted by Gasteiger charge is 2.35. The minimum Gasteiger partial charge on any atom is -0.495 e. The van der Waals surface area contributed by atoms with Crippen molar-refractivity contribution in [2.24, 2.45) is 5.73 Å². The molecule has 0 fully saturated rings. The van der Waals surface area contributed by atoms with Crippen LogP contribution in [0.2, 0.25) is 0 Å². The number of carbonyl (C=O) groups excluding carboxylic acids is 1. The second-order valence-electron chi connectivity index (χ2n) is 7.72. The van der Waals surface area contributed by atoms with E-state index >= 15 is 0 Å². The maximum atomic E-state index is 13.7. The zero-order valence-electron chi connectivity index (χ0n) is 20.1. The number of hydrogen-bond acceptors (Lipinski definition) is 10. The van der Waals surface area contributed by atoms with Crippen LogP contribution in [-0.4, -0.2) is 54.7 Å². The Kier molecular flexibility index (Phi) is 7.71. The summed E-state index contributed by atoms with van der Waals surface area (Å²) in [6, 6.07) is 4.20. The van der Waals surface area contributed by atoms with E-state index in [9.17, 15) is 26.4 Å². The van der Waals surface area contributed by atoms with Gasteiger partial charge >= 0.3 is 6.18 Å². The molecule has 0 atom stereocenters. The molecule has 2 heterocycles. The van der Waals surface area contributed by atoms with Crippen molar-refractivity contribution in [3.63, 3.8) is 0 Å². The summed E-state index contributed by atoms with van der Waals surface area (Å²) in [5.74, 6) is -1.38. The zero-order chi connectivity index (χ0) is 27.5. The van der Waals surface area contributed by atoms with E-state index in [4.69, 9.17) is 10.5 Å². The van der Waals surface area contributed by atoms with Crippen LogP contribution in [0.15, 0.2) is 30.6 Å². The first-order valence-electron chi connectivity index (χ1n) is 10.4. The Morgan fingerprint density at radius 3 is 2.49 bits per heavy atom. The molecule has 0 aliphatic carbocycles. The van der Waals surface area contributed by atoms with Gasteiger partial charge in [-0.2, -0.15) is 18.2 Å². The van der Waals surface area contributed by atoms with E-state index < -0.39 is 33.5 Å². The summed E-state index contributed by atoms with van der Waals surface area (Å²) >= 11 is 0. The Labute approximate surface area is 210 Å². The molecule has 3 rings (SSSR count). The van der Waals surface area contributed by atoms with Gasteiger partial charge in [0, 0.05) is 25.0 Å². The van der Waals surface area contributed by atoms with Gasteiger partial charge in [-0.1, -0.05) is 0 Å². The number of nitrogens with one attached hydrogen (secondary N) is 2. The summed E-state index contributed by atoms with van der Waals surface area (Å²) in [5.41, 5.74) is 4.90. The predicted molar refractivity (Wildman–Crippen MR) is 129 cm³/mol. The van der Waals surface area contributed by atoms with E-state index in [0.717, 1.165) is 10.6 Å². The molecule has 37 heavy (non-hydrogen) atoms. The van der Waals surface area contributed by atoms with Gasteiger partial charge in [0.15, 0.2) is 5.82 Å². The van der Waals surface area contributed by atoms with Gasteiger partial charge in [0.25, 0.3) is 0 Å². The molecule has 0 aliphatic heterocycles. The third-order valence-corrected chi connectivity index (χ3v) is 6.16. The second kappa shape index (κ2) is 10.4. The number of benzene rings is 1. The molecule has 0 radical (unpaired) electrons. The molecule has 0 aliphatic rings. The number of amides is 1. The Balaban J connectivity index is 1.99. The van der Waals surface area contributed by atoms with Crippen LogP contribution < -0.4 is 25.4 Å². The lowest BCUT2D eigenvalue weighted by molar-refractivity contribution is -0.137. The van der Waals surface area contributed by atoms with Gasteiger partial charge in [-0.05, 0) is 25.1 Å². The molecule has 0 saturated carbocycles.